The van der Waals surface area contributed by atoms with E-state index >= 15 is 0 Å². The predicted octanol–water partition coefficient (Wildman–Crippen LogP) is 1.73. The van der Waals surface area contributed by atoms with Gasteiger partial charge in [0.2, 0.25) is 15.8 Å². The van der Waals surface area contributed by atoms with Gasteiger partial charge in [0.05, 0.1) is 32.8 Å². The molecule has 0 aliphatic carbocycles. The van der Waals surface area contributed by atoms with Crippen LogP contribution in [0.25, 0.3) is 0 Å². The third-order valence-corrected chi connectivity index (χ3v) is 7.27. The number of amides is 1. The lowest BCUT2D eigenvalue weighted by Crippen LogP contribution is -2.50. The van der Waals surface area contributed by atoms with Crippen molar-refractivity contribution < 1.29 is 31.8 Å². The van der Waals surface area contributed by atoms with Gasteiger partial charge >= 0.3 is 0 Å². The molecular weight excluding hydrogens is 453 g/mol. The molecular formula is C22H28FN3O6S. The molecule has 2 aromatic rings. The zero-order chi connectivity index (χ0) is 24.0. The van der Waals surface area contributed by atoms with Crippen LogP contribution in [0.3, 0.4) is 0 Å². The molecule has 0 radical (unpaired) electrons. The maximum atomic E-state index is 14.0. The Morgan fingerprint density at radius 3 is 2.15 bits per heavy atom. The molecule has 1 saturated heterocycles. The molecule has 0 spiro atoms. The fourth-order valence-corrected chi connectivity index (χ4v) is 4.99. The van der Waals surface area contributed by atoms with Crippen molar-refractivity contribution in [3.05, 3.63) is 47.8 Å². The van der Waals surface area contributed by atoms with Gasteiger partial charge in [0.25, 0.3) is 5.91 Å². The van der Waals surface area contributed by atoms with Crippen molar-refractivity contribution in [2.75, 3.05) is 64.7 Å². The highest BCUT2D eigenvalue weighted by Gasteiger charge is 2.28. The largest absolute Gasteiger partial charge is 0.493 e. The summed E-state index contributed by atoms with van der Waals surface area (Å²) in [6.45, 7) is 1.20. The number of nitrogens with one attached hydrogen (secondary N) is 1. The van der Waals surface area contributed by atoms with Gasteiger partial charge in [-0.05, 0) is 24.3 Å². The van der Waals surface area contributed by atoms with Crippen LogP contribution < -0.4 is 24.4 Å². The molecule has 33 heavy (non-hydrogen) atoms. The van der Waals surface area contributed by atoms with Gasteiger partial charge in [-0.2, -0.15) is 4.31 Å². The van der Waals surface area contributed by atoms with Gasteiger partial charge in [-0.15, -0.1) is 0 Å². The normalized spacial score (nSPS) is 14.6. The van der Waals surface area contributed by atoms with E-state index in [0.29, 0.717) is 36.0 Å². The van der Waals surface area contributed by atoms with Gasteiger partial charge in [0.1, 0.15) is 5.82 Å². The maximum Gasteiger partial charge on any atom is 0.251 e. The van der Waals surface area contributed by atoms with Gasteiger partial charge in [0.15, 0.2) is 11.5 Å². The van der Waals surface area contributed by atoms with Crippen molar-refractivity contribution in [1.82, 2.24) is 9.62 Å². The molecule has 0 aromatic heterocycles. The van der Waals surface area contributed by atoms with Gasteiger partial charge in [-0.25, -0.2) is 12.8 Å². The highest BCUT2D eigenvalue weighted by molar-refractivity contribution is 7.89. The SMILES string of the molecule is COc1cc(C(=O)NCCS(=O)(=O)N2CCN(c3ccccc3F)CC2)cc(OC)c1OC. The zero-order valence-corrected chi connectivity index (χ0v) is 19.7. The number of ether oxygens (including phenoxy) is 3. The maximum absolute atomic E-state index is 14.0. The number of anilines is 1. The van der Waals surface area contributed by atoms with Gasteiger partial charge in [-0.3, -0.25) is 4.79 Å². The lowest BCUT2D eigenvalue weighted by molar-refractivity contribution is 0.0955. The van der Waals surface area contributed by atoms with E-state index in [1.54, 1.807) is 18.2 Å². The number of methoxy groups -OCH3 is 3. The number of hydrogen-bond acceptors (Lipinski definition) is 7. The van der Waals surface area contributed by atoms with Crippen LogP contribution in [-0.2, 0) is 10.0 Å². The van der Waals surface area contributed by atoms with Crippen LogP contribution in [-0.4, -0.2) is 78.4 Å². The average molecular weight is 482 g/mol. The van der Waals surface area contributed by atoms with Crippen LogP contribution in [0.1, 0.15) is 10.4 Å². The molecule has 1 heterocycles. The second kappa shape index (κ2) is 10.7. The Balaban J connectivity index is 1.56. The Labute approximate surface area is 193 Å². The number of sulfonamides is 1. The third-order valence-electron chi connectivity index (χ3n) is 5.40. The van der Waals surface area contributed by atoms with Gasteiger partial charge in [0, 0.05) is 38.3 Å². The van der Waals surface area contributed by atoms with Gasteiger partial charge < -0.3 is 24.4 Å². The highest BCUT2D eigenvalue weighted by atomic mass is 32.2. The van der Waals surface area contributed by atoms with E-state index < -0.39 is 15.9 Å². The molecule has 1 N–H and O–H groups in total. The van der Waals surface area contributed by atoms with Crippen LogP contribution in [0, 0.1) is 5.82 Å². The molecule has 180 valence electrons. The number of hydrogen-bond donors (Lipinski definition) is 1. The fourth-order valence-electron chi connectivity index (χ4n) is 3.65. The second-order valence-corrected chi connectivity index (χ2v) is 9.41. The van der Waals surface area contributed by atoms with E-state index in [1.165, 1.54) is 43.8 Å². The summed E-state index contributed by atoms with van der Waals surface area (Å²) < 4.78 is 56.5. The second-order valence-electron chi connectivity index (χ2n) is 7.32. The van der Waals surface area contributed by atoms with Crippen LogP contribution >= 0.6 is 0 Å². The van der Waals surface area contributed by atoms with Crippen molar-refractivity contribution in [3.63, 3.8) is 0 Å². The number of benzene rings is 2. The standard InChI is InChI=1S/C22H28FN3O6S/c1-30-19-14-16(15-20(31-2)21(19)32-3)22(27)24-8-13-33(28,29)26-11-9-25(10-12-26)18-7-5-4-6-17(18)23/h4-7,14-15H,8-13H2,1-3H3,(H,24,27). The van der Waals surface area contributed by atoms with Crippen molar-refractivity contribution in [2.24, 2.45) is 0 Å². The van der Waals surface area contributed by atoms with Crippen molar-refractivity contribution in [1.29, 1.82) is 0 Å². The molecule has 1 aliphatic heterocycles. The Bertz CT molecular complexity index is 1060. The first-order valence-electron chi connectivity index (χ1n) is 10.4. The molecule has 1 fully saturated rings. The lowest BCUT2D eigenvalue weighted by Gasteiger charge is -2.35. The first-order chi connectivity index (χ1) is 15.8. The molecule has 0 bridgehead atoms. The van der Waals surface area contributed by atoms with E-state index in [9.17, 15) is 17.6 Å². The minimum Gasteiger partial charge on any atom is -0.493 e. The Kier molecular flexibility index (Phi) is 7.98. The van der Waals surface area contributed by atoms with E-state index in [0.717, 1.165) is 0 Å². The molecule has 11 heteroatoms. The molecule has 9 nitrogen and oxygen atoms in total. The number of piperazine rings is 1. The Hall–Kier alpha value is -3.05. The quantitative estimate of drug-likeness (QED) is 0.583. The average Bonchev–Trinajstić information content (AvgIpc) is 2.83. The predicted molar refractivity (Wildman–Crippen MR) is 122 cm³/mol. The molecule has 1 aliphatic rings. The smallest absolute Gasteiger partial charge is 0.251 e. The molecule has 0 unspecified atom stereocenters. The highest BCUT2D eigenvalue weighted by Crippen LogP contribution is 2.38. The first kappa shape index (κ1) is 24.6. The molecule has 0 saturated carbocycles. The number of halogens is 1. The Morgan fingerprint density at radius 1 is 1.00 bits per heavy atom. The molecule has 3 rings (SSSR count). The monoisotopic (exact) mass is 481 g/mol. The minimum atomic E-state index is -3.58. The molecule has 2 aromatic carbocycles. The summed E-state index contributed by atoms with van der Waals surface area (Å²) in [4.78, 5) is 14.4. The first-order valence-corrected chi connectivity index (χ1v) is 12.0. The fraction of sp³-hybridized carbons (Fsp3) is 0.409. The number of para-hydroxylation sites is 1. The lowest BCUT2D eigenvalue weighted by atomic mass is 10.1. The Morgan fingerprint density at radius 2 is 1.61 bits per heavy atom. The third kappa shape index (κ3) is 5.66. The van der Waals surface area contributed by atoms with Crippen LogP contribution in [0.5, 0.6) is 17.2 Å². The summed E-state index contributed by atoms with van der Waals surface area (Å²) >= 11 is 0. The molecule has 0 atom stereocenters. The number of nitrogens with zero attached hydrogens (tertiary/aromatic N) is 2. The topological polar surface area (TPSA) is 97.4 Å². The summed E-state index contributed by atoms with van der Waals surface area (Å²) in [5, 5.41) is 2.62. The van der Waals surface area contributed by atoms with E-state index in [-0.39, 0.29) is 36.8 Å². The number of rotatable bonds is 9. The number of carbonyl (C=O) groups excluding carboxylic acids is 1. The van der Waals surface area contributed by atoms with Crippen molar-refractivity contribution in [3.8, 4) is 17.2 Å². The van der Waals surface area contributed by atoms with Gasteiger partial charge in [-0.1, -0.05) is 12.1 Å². The molecule has 1 amide bonds. The summed E-state index contributed by atoms with van der Waals surface area (Å²) in [7, 11) is 0.759. The van der Waals surface area contributed by atoms with E-state index in [2.05, 4.69) is 5.32 Å². The van der Waals surface area contributed by atoms with Crippen LogP contribution in [0.15, 0.2) is 36.4 Å². The minimum absolute atomic E-state index is 0.0641. The summed E-state index contributed by atoms with van der Waals surface area (Å²) in [5.41, 5.74) is 0.715. The van der Waals surface area contributed by atoms with Crippen LogP contribution in [0.4, 0.5) is 10.1 Å². The van der Waals surface area contributed by atoms with E-state index in [4.69, 9.17) is 14.2 Å². The van der Waals surface area contributed by atoms with Crippen molar-refractivity contribution >= 4 is 21.6 Å². The van der Waals surface area contributed by atoms with Crippen LogP contribution in [0.2, 0.25) is 0 Å². The zero-order valence-electron chi connectivity index (χ0n) is 18.8. The summed E-state index contributed by atoms with van der Waals surface area (Å²) in [6, 6.07) is 9.41. The van der Waals surface area contributed by atoms with E-state index in [1.807, 2.05) is 4.90 Å². The summed E-state index contributed by atoms with van der Waals surface area (Å²) in [5.74, 6) is -0.0430. The number of carbonyl (C=O) groups is 1. The summed E-state index contributed by atoms with van der Waals surface area (Å²) in [6.07, 6.45) is 0. The van der Waals surface area contributed by atoms with Crippen molar-refractivity contribution in [2.45, 2.75) is 0 Å².